The van der Waals surface area contributed by atoms with Gasteiger partial charge in [0.1, 0.15) is 0 Å². The van der Waals surface area contributed by atoms with Gasteiger partial charge in [0.05, 0.1) is 0 Å². The first-order valence-corrected chi connectivity index (χ1v) is 4.32. The topological polar surface area (TPSA) is 26.0 Å². The average Bonchev–Trinajstić information content (AvgIpc) is 2.23. The molecule has 1 aromatic carbocycles. The first-order valence-electron chi connectivity index (χ1n) is 4.32. The molecule has 0 spiro atoms. The normalized spacial score (nSPS) is 12.5. The van der Waals surface area contributed by atoms with Crippen molar-refractivity contribution in [2.75, 3.05) is 0 Å². The zero-order valence-corrected chi connectivity index (χ0v) is 9.31. The van der Waals surface area contributed by atoms with E-state index in [1.807, 2.05) is 0 Å². The quantitative estimate of drug-likeness (QED) is 0.516. The monoisotopic (exact) mass is 297 g/mol. The van der Waals surface area contributed by atoms with E-state index in [0.717, 1.165) is 0 Å². The maximum absolute atomic E-state index is 13.1. The molecule has 2 N–H and O–H groups in total. The van der Waals surface area contributed by atoms with E-state index in [-0.39, 0.29) is 12.4 Å². The van der Waals surface area contributed by atoms with Gasteiger partial charge in [0.15, 0.2) is 23.3 Å². The molecule has 18 heavy (non-hydrogen) atoms. The van der Waals surface area contributed by atoms with Gasteiger partial charge >= 0.3 is 0 Å². The van der Waals surface area contributed by atoms with E-state index in [1.54, 1.807) is 0 Å². The summed E-state index contributed by atoms with van der Waals surface area (Å²) in [6, 6.07) is -1.97. The summed E-state index contributed by atoms with van der Waals surface area (Å²) in [4.78, 5) is 0. The summed E-state index contributed by atoms with van der Waals surface area (Å²) in [5, 5.41) is 0. The summed E-state index contributed by atoms with van der Waals surface area (Å²) in [6.45, 7) is 0. The predicted octanol–water partition coefficient (Wildman–Crippen LogP) is 3.46. The molecular weight excluding hydrogens is 291 g/mol. The summed E-state index contributed by atoms with van der Waals surface area (Å²) >= 11 is 0. The molecule has 0 saturated heterocycles. The van der Waals surface area contributed by atoms with Crippen molar-refractivity contribution in [1.82, 2.24) is 0 Å². The number of hydrogen-bond donors (Lipinski definition) is 1. The number of benzene rings is 1. The predicted molar refractivity (Wildman–Crippen MR) is 51.0 cm³/mol. The zero-order valence-electron chi connectivity index (χ0n) is 8.49. The SMILES string of the molecule is Cl.N[C@H](CC(F)F)c1c(F)c(F)c(F)c(F)c1F. The van der Waals surface area contributed by atoms with Crippen LogP contribution < -0.4 is 5.73 Å². The maximum atomic E-state index is 13.1. The number of rotatable bonds is 3. The van der Waals surface area contributed by atoms with E-state index >= 15 is 0 Å². The third-order valence-corrected chi connectivity index (χ3v) is 2.05. The second-order valence-corrected chi connectivity index (χ2v) is 3.22. The van der Waals surface area contributed by atoms with E-state index in [4.69, 9.17) is 5.73 Å². The van der Waals surface area contributed by atoms with Crippen LogP contribution in [0.4, 0.5) is 30.7 Å². The zero-order chi connectivity index (χ0) is 13.3. The first-order chi connectivity index (χ1) is 7.77. The fraction of sp³-hybridized carbons (Fsp3) is 0.333. The van der Waals surface area contributed by atoms with Crippen molar-refractivity contribution in [3.05, 3.63) is 34.6 Å². The number of halogens is 8. The molecule has 0 unspecified atom stereocenters. The van der Waals surface area contributed by atoms with Crippen LogP contribution in [0.5, 0.6) is 0 Å². The van der Waals surface area contributed by atoms with E-state index in [9.17, 15) is 30.7 Å². The fourth-order valence-electron chi connectivity index (χ4n) is 1.26. The van der Waals surface area contributed by atoms with Gasteiger partial charge < -0.3 is 5.73 Å². The molecule has 1 nitrogen and oxygen atoms in total. The molecule has 0 aliphatic carbocycles. The maximum Gasteiger partial charge on any atom is 0.240 e. The van der Waals surface area contributed by atoms with Gasteiger partial charge in [-0.25, -0.2) is 30.7 Å². The second kappa shape index (κ2) is 6.24. The summed E-state index contributed by atoms with van der Waals surface area (Å²) in [6.07, 6.45) is -4.24. The van der Waals surface area contributed by atoms with Crippen LogP contribution in [-0.2, 0) is 0 Å². The van der Waals surface area contributed by atoms with Gasteiger partial charge in [0.25, 0.3) is 0 Å². The fourth-order valence-corrected chi connectivity index (χ4v) is 1.26. The Balaban J connectivity index is 0.00000289. The van der Waals surface area contributed by atoms with Gasteiger partial charge in [-0.1, -0.05) is 0 Å². The Labute approximate surface area is 103 Å². The van der Waals surface area contributed by atoms with Crippen LogP contribution in [0.1, 0.15) is 18.0 Å². The number of nitrogens with two attached hydrogens (primary N) is 1. The lowest BCUT2D eigenvalue weighted by Crippen LogP contribution is -2.20. The Morgan fingerprint density at radius 1 is 0.778 bits per heavy atom. The molecule has 1 atom stereocenters. The van der Waals surface area contributed by atoms with Gasteiger partial charge in [-0.2, -0.15) is 0 Å². The largest absolute Gasteiger partial charge is 0.324 e. The molecular formula is C9H7ClF7N. The van der Waals surface area contributed by atoms with Gasteiger partial charge in [0, 0.05) is 18.0 Å². The lowest BCUT2D eigenvalue weighted by Gasteiger charge is -2.14. The van der Waals surface area contributed by atoms with E-state index in [1.165, 1.54) is 0 Å². The molecule has 1 rings (SSSR count). The number of hydrogen-bond acceptors (Lipinski definition) is 1. The molecule has 0 aliphatic rings. The molecule has 0 heterocycles. The molecule has 0 aromatic heterocycles. The standard InChI is InChI=1S/C9H6F7N.ClH/c10-3(11)1-2(17)4-5(12)7(14)9(16)8(15)6(4)13;/h2-3H,1,17H2;1H/t2-;/m1./s1. The highest BCUT2D eigenvalue weighted by molar-refractivity contribution is 5.85. The highest BCUT2D eigenvalue weighted by atomic mass is 35.5. The molecule has 0 fully saturated rings. The van der Waals surface area contributed by atoms with Crippen LogP contribution in [0.2, 0.25) is 0 Å². The van der Waals surface area contributed by atoms with Gasteiger partial charge in [-0.15, -0.1) is 12.4 Å². The minimum atomic E-state index is -3.03. The minimum absolute atomic E-state index is 0. The third-order valence-electron chi connectivity index (χ3n) is 2.05. The molecule has 9 heteroatoms. The summed E-state index contributed by atoms with van der Waals surface area (Å²) in [5.74, 6) is -11.1. The molecule has 0 amide bonds. The molecule has 0 saturated carbocycles. The van der Waals surface area contributed by atoms with E-state index < -0.39 is 53.5 Å². The molecule has 1 aromatic rings. The van der Waals surface area contributed by atoms with Crippen molar-refractivity contribution in [1.29, 1.82) is 0 Å². The van der Waals surface area contributed by atoms with Crippen molar-refractivity contribution in [3.8, 4) is 0 Å². The Bertz CT molecular complexity index is 408. The summed E-state index contributed by atoms with van der Waals surface area (Å²) < 4.78 is 88.0. The summed E-state index contributed by atoms with van der Waals surface area (Å²) in [5.41, 5.74) is 3.54. The Morgan fingerprint density at radius 2 is 1.11 bits per heavy atom. The van der Waals surface area contributed by atoms with Crippen molar-refractivity contribution < 1.29 is 30.7 Å². The van der Waals surface area contributed by atoms with Crippen molar-refractivity contribution in [2.24, 2.45) is 5.73 Å². The van der Waals surface area contributed by atoms with Crippen LogP contribution >= 0.6 is 12.4 Å². The van der Waals surface area contributed by atoms with Gasteiger partial charge in [-0.3, -0.25) is 0 Å². The van der Waals surface area contributed by atoms with Gasteiger partial charge in [-0.05, 0) is 0 Å². The van der Waals surface area contributed by atoms with Crippen molar-refractivity contribution >= 4 is 12.4 Å². The molecule has 0 bridgehead atoms. The smallest absolute Gasteiger partial charge is 0.240 e. The highest BCUT2D eigenvalue weighted by Gasteiger charge is 2.29. The van der Waals surface area contributed by atoms with Crippen LogP contribution in [0.25, 0.3) is 0 Å². The van der Waals surface area contributed by atoms with Crippen molar-refractivity contribution in [3.63, 3.8) is 0 Å². The number of alkyl halides is 2. The van der Waals surface area contributed by atoms with E-state index in [0.29, 0.717) is 0 Å². The second-order valence-electron chi connectivity index (χ2n) is 3.22. The van der Waals surface area contributed by atoms with Gasteiger partial charge in [0.2, 0.25) is 12.2 Å². The Hall–Kier alpha value is -1.02. The minimum Gasteiger partial charge on any atom is -0.324 e. The third kappa shape index (κ3) is 3.05. The lowest BCUT2D eigenvalue weighted by atomic mass is 10.0. The highest BCUT2D eigenvalue weighted by Crippen LogP contribution is 2.29. The summed E-state index contributed by atoms with van der Waals surface area (Å²) in [7, 11) is 0. The molecule has 0 radical (unpaired) electrons. The van der Waals surface area contributed by atoms with E-state index in [2.05, 4.69) is 0 Å². The van der Waals surface area contributed by atoms with Crippen LogP contribution in [0.3, 0.4) is 0 Å². The first kappa shape index (κ1) is 17.0. The average molecular weight is 298 g/mol. The van der Waals surface area contributed by atoms with Crippen molar-refractivity contribution in [2.45, 2.75) is 18.9 Å². The van der Waals surface area contributed by atoms with Crippen LogP contribution in [0, 0.1) is 29.1 Å². The Morgan fingerprint density at radius 3 is 1.44 bits per heavy atom. The molecule has 0 aliphatic heterocycles. The molecule has 104 valence electrons. The lowest BCUT2D eigenvalue weighted by molar-refractivity contribution is 0.127. The van der Waals surface area contributed by atoms with Crippen LogP contribution in [-0.4, -0.2) is 6.43 Å². The Kier molecular flexibility index (Phi) is 5.88. The van der Waals surface area contributed by atoms with Crippen LogP contribution in [0.15, 0.2) is 0 Å².